The van der Waals surface area contributed by atoms with Gasteiger partial charge in [-0.3, -0.25) is 0 Å². The topological polar surface area (TPSA) is 44.5 Å². The molecule has 0 spiro atoms. The maximum atomic E-state index is 14.1. The molecule has 0 aliphatic carbocycles. The first kappa shape index (κ1) is 14.8. The molecule has 2 N–H and O–H groups in total. The van der Waals surface area contributed by atoms with Crippen LogP contribution in [0.3, 0.4) is 0 Å². The van der Waals surface area contributed by atoms with Crippen molar-refractivity contribution in [3.8, 4) is 11.5 Å². The summed E-state index contributed by atoms with van der Waals surface area (Å²) < 4.78 is 25.2. The van der Waals surface area contributed by atoms with E-state index in [2.05, 4.69) is 15.9 Å². The number of nitrogens with two attached hydrogens (primary N) is 1. The first-order valence-corrected chi connectivity index (χ1v) is 6.78. The molecule has 0 aliphatic rings. The minimum absolute atomic E-state index is 0.395. The minimum atomic E-state index is -0.607. The number of rotatable bonds is 4. The third kappa shape index (κ3) is 2.94. The van der Waals surface area contributed by atoms with Gasteiger partial charge in [-0.2, -0.15) is 0 Å². The highest BCUT2D eigenvalue weighted by Gasteiger charge is 2.18. The summed E-state index contributed by atoms with van der Waals surface area (Å²) in [5.41, 5.74) is 7.28. The molecule has 0 fully saturated rings. The number of benzene rings is 2. The lowest BCUT2D eigenvalue weighted by molar-refractivity contribution is 0.405. The van der Waals surface area contributed by atoms with Gasteiger partial charge in [0.25, 0.3) is 0 Å². The zero-order valence-corrected chi connectivity index (χ0v) is 12.8. The lowest BCUT2D eigenvalue weighted by Crippen LogP contribution is -2.14. The van der Waals surface area contributed by atoms with E-state index in [-0.39, 0.29) is 0 Å². The monoisotopic (exact) mass is 339 g/mol. The molecule has 1 atom stereocenters. The van der Waals surface area contributed by atoms with Crippen molar-refractivity contribution >= 4 is 15.9 Å². The summed E-state index contributed by atoms with van der Waals surface area (Å²) in [5.74, 6) is 0.671. The van der Waals surface area contributed by atoms with Crippen LogP contribution in [-0.2, 0) is 0 Å². The third-order valence-electron chi connectivity index (χ3n) is 3.07. The first-order valence-electron chi connectivity index (χ1n) is 5.99. The van der Waals surface area contributed by atoms with Gasteiger partial charge in [0.2, 0.25) is 0 Å². The zero-order valence-electron chi connectivity index (χ0n) is 11.2. The van der Waals surface area contributed by atoms with E-state index in [0.717, 1.165) is 10.0 Å². The van der Waals surface area contributed by atoms with Crippen molar-refractivity contribution in [1.29, 1.82) is 0 Å². The van der Waals surface area contributed by atoms with Crippen molar-refractivity contribution < 1.29 is 13.9 Å². The summed E-state index contributed by atoms with van der Waals surface area (Å²) in [7, 11) is 3.05. The Balaban J connectivity index is 2.43. The van der Waals surface area contributed by atoms with Crippen LogP contribution in [0.1, 0.15) is 17.2 Å². The van der Waals surface area contributed by atoms with Crippen molar-refractivity contribution in [3.05, 3.63) is 57.8 Å². The van der Waals surface area contributed by atoms with E-state index in [9.17, 15) is 4.39 Å². The van der Waals surface area contributed by atoms with Crippen LogP contribution in [0.4, 0.5) is 4.39 Å². The fourth-order valence-corrected chi connectivity index (χ4v) is 2.34. The average molecular weight is 340 g/mol. The van der Waals surface area contributed by atoms with Crippen LogP contribution in [0.5, 0.6) is 11.5 Å². The van der Waals surface area contributed by atoms with Gasteiger partial charge in [0.05, 0.1) is 20.3 Å². The van der Waals surface area contributed by atoms with Crippen molar-refractivity contribution in [2.24, 2.45) is 5.73 Å². The van der Waals surface area contributed by atoms with E-state index in [1.54, 1.807) is 25.3 Å². The standard InChI is InChI=1S/C15H15BrFNO2/c1-19-10-4-6-11(13(17)8-10)15(18)12-5-3-9(16)7-14(12)20-2/h3-8,15H,18H2,1-2H3. The van der Waals surface area contributed by atoms with Crippen LogP contribution in [0.25, 0.3) is 0 Å². The first-order chi connectivity index (χ1) is 9.56. The van der Waals surface area contributed by atoms with E-state index in [4.69, 9.17) is 15.2 Å². The number of hydrogen-bond acceptors (Lipinski definition) is 3. The molecule has 0 aliphatic heterocycles. The molecular weight excluding hydrogens is 325 g/mol. The Bertz CT molecular complexity index is 619. The van der Waals surface area contributed by atoms with Gasteiger partial charge in [0.15, 0.2) is 0 Å². The second kappa shape index (κ2) is 6.24. The van der Waals surface area contributed by atoms with Gasteiger partial charge >= 0.3 is 0 Å². The smallest absolute Gasteiger partial charge is 0.132 e. The molecule has 106 valence electrons. The summed E-state index contributed by atoms with van der Waals surface area (Å²) in [4.78, 5) is 0. The fraction of sp³-hybridized carbons (Fsp3) is 0.200. The summed E-state index contributed by atoms with van der Waals surface area (Å²) in [6.45, 7) is 0. The number of ether oxygens (including phenoxy) is 2. The van der Waals surface area contributed by atoms with Gasteiger partial charge in [-0.05, 0) is 18.2 Å². The lowest BCUT2D eigenvalue weighted by atomic mass is 9.98. The Kier molecular flexibility index (Phi) is 4.62. The van der Waals surface area contributed by atoms with E-state index in [0.29, 0.717) is 17.1 Å². The highest BCUT2D eigenvalue weighted by Crippen LogP contribution is 2.32. The molecule has 2 aromatic carbocycles. The average Bonchev–Trinajstić information content (AvgIpc) is 2.46. The Morgan fingerprint density at radius 1 is 1.05 bits per heavy atom. The molecule has 2 rings (SSSR count). The molecule has 0 amide bonds. The lowest BCUT2D eigenvalue weighted by Gasteiger charge is -2.17. The molecule has 0 saturated carbocycles. The Hall–Kier alpha value is -1.59. The summed E-state index contributed by atoms with van der Waals surface area (Å²) in [6, 6.07) is 9.49. The minimum Gasteiger partial charge on any atom is -0.497 e. The highest BCUT2D eigenvalue weighted by atomic mass is 79.9. The third-order valence-corrected chi connectivity index (χ3v) is 3.57. The largest absolute Gasteiger partial charge is 0.497 e. The maximum absolute atomic E-state index is 14.1. The van der Waals surface area contributed by atoms with Crippen molar-refractivity contribution in [1.82, 2.24) is 0 Å². The second-order valence-corrected chi connectivity index (χ2v) is 5.17. The van der Waals surface area contributed by atoms with E-state index < -0.39 is 11.9 Å². The van der Waals surface area contributed by atoms with Gasteiger partial charge in [0, 0.05) is 21.7 Å². The number of methoxy groups -OCH3 is 2. The van der Waals surface area contributed by atoms with Crippen molar-refractivity contribution in [2.75, 3.05) is 14.2 Å². The van der Waals surface area contributed by atoms with Crippen molar-refractivity contribution in [2.45, 2.75) is 6.04 Å². The summed E-state index contributed by atoms with van der Waals surface area (Å²) in [5, 5.41) is 0. The molecule has 3 nitrogen and oxygen atoms in total. The molecule has 0 radical (unpaired) electrons. The molecule has 0 aromatic heterocycles. The maximum Gasteiger partial charge on any atom is 0.132 e. The Morgan fingerprint density at radius 3 is 2.35 bits per heavy atom. The molecule has 20 heavy (non-hydrogen) atoms. The molecule has 2 aromatic rings. The Labute approximate surface area is 125 Å². The molecule has 5 heteroatoms. The van der Waals surface area contributed by atoms with Gasteiger partial charge in [-0.15, -0.1) is 0 Å². The van der Waals surface area contributed by atoms with Crippen molar-refractivity contribution in [3.63, 3.8) is 0 Å². The van der Waals surface area contributed by atoms with Crippen LogP contribution < -0.4 is 15.2 Å². The predicted molar refractivity (Wildman–Crippen MR) is 79.7 cm³/mol. The molecule has 0 heterocycles. The second-order valence-electron chi connectivity index (χ2n) is 4.25. The quantitative estimate of drug-likeness (QED) is 0.924. The summed E-state index contributed by atoms with van der Waals surface area (Å²) >= 11 is 3.36. The highest BCUT2D eigenvalue weighted by molar-refractivity contribution is 9.10. The SMILES string of the molecule is COc1ccc(C(N)c2ccc(Br)cc2OC)c(F)c1. The van der Waals surface area contributed by atoms with Crippen LogP contribution >= 0.6 is 15.9 Å². The zero-order chi connectivity index (χ0) is 14.7. The number of hydrogen-bond donors (Lipinski definition) is 1. The van der Waals surface area contributed by atoms with Crippen LogP contribution in [0.2, 0.25) is 0 Å². The molecular formula is C15H15BrFNO2. The van der Waals surface area contributed by atoms with Gasteiger partial charge in [0.1, 0.15) is 17.3 Å². The van der Waals surface area contributed by atoms with E-state index in [1.807, 2.05) is 12.1 Å². The van der Waals surface area contributed by atoms with E-state index in [1.165, 1.54) is 13.2 Å². The van der Waals surface area contributed by atoms with E-state index >= 15 is 0 Å². The van der Waals surface area contributed by atoms with Gasteiger partial charge in [-0.25, -0.2) is 4.39 Å². The fourth-order valence-electron chi connectivity index (χ4n) is 2.00. The normalized spacial score (nSPS) is 12.1. The van der Waals surface area contributed by atoms with Gasteiger partial charge in [-0.1, -0.05) is 28.1 Å². The van der Waals surface area contributed by atoms with Crippen LogP contribution in [-0.4, -0.2) is 14.2 Å². The Morgan fingerprint density at radius 2 is 1.75 bits per heavy atom. The van der Waals surface area contributed by atoms with Crippen LogP contribution in [0.15, 0.2) is 40.9 Å². The molecule has 0 saturated heterocycles. The van der Waals surface area contributed by atoms with Crippen LogP contribution in [0, 0.1) is 5.82 Å². The number of halogens is 2. The molecule has 1 unspecified atom stereocenters. The molecule has 0 bridgehead atoms. The predicted octanol–water partition coefficient (Wildman–Crippen LogP) is 3.65. The summed E-state index contributed by atoms with van der Waals surface area (Å²) in [6.07, 6.45) is 0. The van der Waals surface area contributed by atoms with Gasteiger partial charge < -0.3 is 15.2 Å².